The average Bonchev–Trinajstić information content (AvgIpc) is 3.02. The van der Waals surface area contributed by atoms with Gasteiger partial charge in [0.15, 0.2) is 0 Å². The smallest absolute Gasteiger partial charge is 0.256 e. The Morgan fingerprint density at radius 2 is 1.46 bits per heavy atom. The van der Waals surface area contributed by atoms with E-state index in [0.29, 0.717) is 28.7 Å². The first-order valence-corrected chi connectivity index (χ1v) is 15.1. The van der Waals surface area contributed by atoms with Crippen LogP contribution in [-0.4, -0.2) is 42.9 Å². The van der Waals surface area contributed by atoms with Crippen LogP contribution in [0.15, 0.2) is 91.0 Å². The van der Waals surface area contributed by atoms with E-state index in [2.05, 4.69) is 47.5 Å². The minimum atomic E-state index is -0.171. The number of carbonyl (C=O) groups excluding carboxylic acids is 2. The number of benzene rings is 4. The van der Waals surface area contributed by atoms with Crippen molar-refractivity contribution in [3.05, 3.63) is 108 Å². The van der Waals surface area contributed by atoms with Gasteiger partial charge in [-0.1, -0.05) is 67.6 Å². The highest BCUT2D eigenvalue weighted by Crippen LogP contribution is 2.32. The number of likely N-dealkylation sites (tertiary alicyclic amines) is 1. The fourth-order valence-corrected chi connectivity index (χ4v) is 6.30. The van der Waals surface area contributed by atoms with Crippen molar-refractivity contribution < 1.29 is 9.59 Å². The Kier molecular flexibility index (Phi) is 8.04. The third-order valence-corrected chi connectivity index (χ3v) is 8.89. The molecular formula is C36H39N3O2. The van der Waals surface area contributed by atoms with Crippen LogP contribution >= 0.6 is 0 Å². The molecule has 0 atom stereocenters. The van der Waals surface area contributed by atoms with Crippen molar-refractivity contribution in [2.45, 2.75) is 39.0 Å². The predicted molar refractivity (Wildman–Crippen MR) is 168 cm³/mol. The monoisotopic (exact) mass is 545 g/mol. The summed E-state index contributed by atoms with van der Waals surface area (Å²) in [6.07, 6.45) is 5.37. The molecule has 4 aromatic rings. The number of anilines is 2. The molecule has 6 rings (SSSR count). The quantitative estimate of drug-likeness (QED) is 0.274. The van der Waals surface area contributed by atoms with Crippen LogP contribution in [0.4, 0.5) is 11.4 Å². The van der Waals surface area contributed by atoms with Crippen molar-refractivity contribution in [3.8, 4) is 0 Å². The van der Waals surface area contributed by atoms with Gasteiger partial charge < -0.3 is 15.1 Å². The SMILES string of the molecule is CC1CCN(C(=O)c2cc(NC(=O)c3ccc4ccccc4c3)ccc2N2CCC(Cc3ccccc3)CC2)CC1. The Bertz CT molecular complexity index is 1520. The van der Waals surface area contributed by atoms with E-state index in [-0.39, 0.29) is 11.8 Å². The first-order valence-electron chi connectivity index (χ1n) is 15.1. The summed E-state index contributed by atoms with van der Waals surface area (Å²) in [7, 11) is 0. The molecule has 0 aromatic heterocycles. The van der Waals surface area contributed by atoms with E-state index in [1.807, 2.05) is 65.6 Å². The second kappa shape index (κ2) is 12.2. The number of nitrogens with one attached hydrogen (secondary N) is 1. The van der Waals surface area contributed by atoms with Crippen molar-refractivity contribution in [1.29, 1.82) is 0 Å². The molecule has 2 saturated heterocycles. The lowest BCUT2D eigenvalue weighted by atomic mass is 9.89. The Labute approximate surface area is 243 Å². The second-order valence-corrected chi connectivity index (χ2v) is 11.8. The highest BCUT2D eigenvalue weighted by Gasteiger charge is 2.28. The lowest BCUT2D eigenvalue weighted by molar-refractivity contribution is 0.0697. The molecule has 210 valence electrons. The molecule has 2 aliphatic rings. The van der Waals surface area contributed by atoms with E-state index in [9.17, 15) is 9.59 Å². The van der Waals surface area contributed by atoms with E-state index in [1.165, 1.54) is 5.56 Å². The highest BCUT2D eigenvalue weighted by molar-refractivity contribution is 6.08. The summed E-state index contributed by atoms with van der Waals surface area (Å²) in [6.45, 7) is 5.68. The average molecular weight is 546 g/mol. The van der Waals surface area contributed by atoms with Crippen molar-refractivity contribution in [2.75, 3.05) is 36.4 Å². The second-order valence-electron chi connectivity index (χ2n) is 11.8. The standard InChI is InChI=1S/C36H39N3O2/c1-26-15-19-39(20-16-26)36(41)33-25-32(37-35(40)31-12-11-29-9-5-6-10-30(29)24-31)13-14-34(33)38-21-17-28(18-22-38)23-27-7-3-2-4-8-27/h2-14,24-26,28H,15-23H2,1H3,(H,37,40). The van der Waals surface area contributed by atoms with Gasteiger partial charge in [0.1, 0.15) is 0 Å². The molecule has 41 heavy (non-hydrogen) atoms. The molecule has 0 radical (unpaired) electrons. The van der Waals surface area contributed by atoms with E-state index in [4.69, 9.17) is 0 Å². The number of piperidine rings is 2. The van der Waals surface area contributed by atoms with Crippen LogP contribution in [0, 0.1) is 11.8 Å². The molecule has 0 unspecified atom stereocenters. The minimum Gasteiger partial charge on any atom is -0.371 e. The van der Waals surface area contributed by atoms with Crippen LogP contribution in [0.5, 0.6) is 0 Å². The van der Waals surface area contributed by atoms with Gasteiger partial charge in [-0.3, -0.25) is 9.59 Å². The maximum atomic E-state index is 13.9. The molecule has 0 saturated carbocycles. The molecular weight excluding hydrogens is 506 g/mol. The summed E-state index contributed by atoms with van der Waals surface area (Å²) in [6, 6.07) is 30.4. The molecule has 2 fully saturated rings. The molecule has 0 spiro atoms. The summed E-state index contributed by atoms with van der Waals surface area (Å²) in [4.78, 5) is 31.5. The van der Waals surface area contributed by atoms with Crippen LogP contribution in [-0.2, 0) is 6.42 Å². The molecule has 2 heterocycles. The Balaban J connectivity index is 1.22. The summed E-state index contributed by atoms with van der Waals surface area (Å²) in [5.74, 6) is 1.20. The zero-order chi connectivity index (χ0) is 28.2. The number of amides is 2. The van der Waals surface area contributed by atoms with Crippen LogP contribution in [0.1, 0.15) is 58.9 Å². The van der Waals surface area contributed by atoms with Crippen LogP contribution in [0.3, 0.4) is 0 Å². The normalized spacial score (nSPS) is 16.6. The Hall–Kier alpha value is -4.12. The third-order valence-electron chi connectivity index (χ3n) is 8.89. The molecule has 1 N–H and O–H groups in total. The summed E-state index contributed by atoms with van der Waals surface area (Å²) in [5.41, 5.74) is 4.33. The van der Waals surface area contributed by atoms with Gasteiger partial charge in [0.25, 0.3) is 11.8 Å². The lowest BCUT2D eigenvalue weighted by Crippen LogP contribution is -2.40. The van der Waals surface area contributed by atoms with E-state index >= 15 is 0 Å². The minimum absolute atomic E-state index is 0.0695. The van der Waals surface area contributed by atoms with E-state index < -0.39 is 0 Å². The Morgan fingerprint density at radius 1 is 0.756 bits per heavy atom. The van der Waals surface area contributed by atoms with Gasteiger partial charge in [0, 0.05) is 43.1 Å². The molecule has 2 amide bonds. The number of carbonyl (C=O) groups is 2. The summed E-state index contributed by atoms with van der Waals surface area (Å²) < 4.78 is 0. The van der Waals surface area contributed by atoms with Gasteiger partial charge in [-0.2, -0.15) is 0 Å². The number of rotatable bonds is 6. The molecule has 0 aliphatic carbocycles. The fraction of sp³-hybridized carbons (Fsp3) is 0.333. The van der Waals surface area contributed by atoms with Gasteiger partial charge in [-0.15, -0.1) is 0 Å². The fourth-order valence-electron chi connectivity index (χ4n) is 6.30. The van der Waals surface area contributed by atoms with Gasteiger partial charge in [-0.25, -0.2) is 0 Å². The third kappa shape index (κ3) is 6.30. The van der Waals surface area contributed by atoms with Gasteiger partial charge in [0.05, 0.1) is 5.56 Å². The zero-order valence-electron chi connectivity index (χ0n) is 23.9. The van der Waals surface area contributed by atoms with Crippen LogP contribution in [0.25, 0.3) is 10.8 Å². The van der Waals surface area contributed by atoms with Crippen molar-refractivity contribution in [1.82, 2.24) is 4.90 Å². The molecule has 5 heteroatoms. The molecule has 0 bridgehead atoms. The maximum absolute atomic E-state index is 13.9. The van der Waals surface area contributed by atoms with E-state index in [1.54, 1.807) is 0 Å². The van der Waals surface area contributed by atoms with Gasteiger partial charge >= 0.3 is 0 Å². The molecule has 5 nitrogen and oxygen atoms in total. The van der Waals surface area contributed by atoms with Crippen molar-refractivity contribution >= 4 is 34.0 Å². The van der Waals surface area contributed by atoms with Crippen LogP contribution in [0.2, 0.25) is 0 Å². The van der Waals surface area contributed by atoms with E-state index in [0.717, 1.165) is 74.7 Å². The number of hydrogen-bond donors (Lipinski definition) is 1. The summed E-state index contributed by atoms with van der Waals surface area (Å²) >= 11 is 0. The van der Waals surface area contributed by atoms with Gasteiger partial charge in [0.2, 0.25) is 0 Å². The number of hydrogen-bond acceptors (Lipinski definition) is 3. The highest BCUT2D eigenvalue weighted by atomic mass is 16.2. The Morgan fingerprint density at radius 3 is 2.22 bits per heavy atom. The zero-order valence-corrected chi connectivity index (χ0v) is 23.9. The topological polar surface area (TPSA) is 52.7 Å². The molecule has 2 aliphatic heterocycles. The first-order chi connectivity index (χ1) is 20.0. The van der Waals surface area contributed by atoms with Crippen molar-refractivity contribution in [3.63, 3.8) is 0 Å². The number of fused-ring (bicyclic) bond motifs is 1. The van der Waals surface area contributed by atoms with Crippen molar-refractivity contribution in [2.24, 2.45) is 11.8 Å². The number of nitrogens with zero attached hydrogens (tertiary/aromatic N) is 2. The molecule has 4 aromatic carbocycles. The largest absolute Gasteiger partial charge is 0.371 e. The van der Waals surface area contributed by atoms with Crippen LogP contribution < -0.4 is 10.2 Å². The summed E-state index contributed by atoms with van der Waals surface area (Å²) in [5, 5.41) is 5.20. The van der Waals surface area contributed by atoms with Gasteiger partial charge in [-0.05, 0) is 90.6 Å². The lowest BCUT2D eigenvalue weighted by Gasteiger charge is -2.36. The maximum Gasteiger partial charge on any atom is 0.256 e. The predicted octanol–water partition coefficient (Wildman–Crippen LogP) is 7.42. The first kappa shape index (κ1) is 27.1.